The number of nitrogens with zero attached hydrogens (tertiary/aromatic N) is 1. The molecule has 5 heteroatoms. The normalized spacial score (nSPS) is 19.0. The zero-order valence-corrected chi connectivity index (χ0v) is 9.40. The van der Waals surface area contributed by atoms with Gasteiger partial charge in [0.05, 0.1) is 6.07 Å². The van der Waals surface area contributed by atoms with Gasteiger partial charge in [0, 0.05) is 11.5 Å². The van der Waals surface area contributed by atoms with Gasteiger partial charge in [-0.05, 0) is 20.8 Å². The second kappa shape index (κ2) is 3.70. The number of nitriles is 1. The summed E-state index contributed by atoms with van der Waals surface area (Å²) in [5.41, 5.74) is -1.22. The van der Waals surface area contributed by atoms with Crippen molar-refractivity contribution in [2.45, 2.75) is 31.9 Å². The van der Waals surface area contributed by atoms with Crippen LogP contribution in [0.2, 0.25) is 0 Å². The smallest absolute Gasteiger partial charge is 0.408 e. The Bertz CT molecular complexity index is 274. The first-order valence-corrected chi connectivity index (χ1v) is 5.53. The van der Waals surface area contributed by atoms with E-state index in [1.807, 2.05) is 0 Å². The van der Waals surface area contributed by atoms with Crippen molar-refractivity contribution in [3.05, 3.63) is 0 Å². The van der Waals surface area contributed by atoms with Crippen LogP contribution in [0.5, 0.6) is 0 Å². The van der Waals surface area contributed by atoms with Gasteiger partial charge in [0.2, 0.25) is 0 Å². The molecule has 0 aromatic heterocycles. The third-order valence-electron chi connectivity index (χ3n) is 1.65. The minimum atomic E-state index is -0.701. The predicted octanol–water partition coefficient (Wildman–Crippen LogP) is 1.52. The van der Waals surface area contributed by atoms with Crippen molar-refractivity contribution in [1.29, 1.82) is 5.26 Å². The van der Waals surface area contributed by atoms with E-state index in [2.05, 4.69) is 11.4 Å². The van der Waals surface area contributed by atoms with Crippen molar-refractivity contribution in [2.75, 3.05) is 11.5 Å². The summed E-state index contributed by atoms with van der Waals surface area (Å²) in [5, 5.41) is 11.4. The van der Waals surface area contributed by atoms with Crippen LogP contribution in [0.4, 0.5) is 4.79 Å². The SMILES string of the molecule is CC(C)(C)OC(=O)NC1(C#N)CSC1. The Labute approximate surface area is 88.0 Å². The molecule has 0 bridgehead atoms. The Morgan fingerprint density at radius 2 is 2.14 bits per heavy atom. The van der Waals surface area contributed by atoms with E-state index in [4.69, 9.17) is 10.00 Å². The van der Waals surface area contributed by atoms with E-state index in [9.17, 15) is 4.79 Å². The lowest BCUT2D eigenvalue weighted by molar-refractivity contribution is 0.0493. The number of hydrogen-bond acceptors (Lipinski definition) is 4. The summed E-state index contributed by atoms with van der Waals surface area (Å²) in [6.45, 7) is 5.38. The highest BCUT2D eigenvalue weighted by Gasteiger charge is 2.40. The number of thioether (sulfide) groups is 1. The molecule has 0 aliphatic carbocycles. The number of rotatable bonds is 1. The van der Waals surface area contributed by atoms with Crippen LogP contribution in [0.25, 0.3) is 0 Å². The Morgan fingerprint density at radius 1 is 1.57 bits per heavy atom. The van der Waals surface area contributed by atoms with Crippen LogP contribution in [0, 0.1) is 11.3 Å². The second-order valence-electron chi connectivity index (χ2n) is 4.31. The van der Waals surface area contributed by atoms with Gasteiger partial charge in [-0.15, -0.1) is 0 Å². The molecule has 1 fully saturated rings. The molecule has 1 aliphatic heterocycles. The molecule has 0 unspecified atom stereocenters. The molecule has 1 amide bonds. The standard InChI is InChI=1S/C9H14N2O2S/c1-8(2,3)13-7(12)11-9(4-10)5-14-6-9/h5-6H2,1-3H3,(H,11,12). The third-order valence-corrected chi connectivity index (χ3v) is 3.05. The lowest BCUT2D eigenvalue weighted by Crippen LogP contribution is -2.57. The first kappa shape index (κ1) is 11.2. The third kappa shape index (κ3) is 2.81. The maximum absolute atomic E-state index is 11.3. The molecule has 4 nitrogen and oxygen atoms in total. The number of amides is 1. The topological polar surface area (TPSA) is 62.1 Å². The highest BCUT2D eigenvalue weighted by Crippen LogP contribution is 2.28. The molecule has 0 saturated carbocycles. The molecule has 1 rings (SSSR count). The summed E-state index contributed by atoms with van der Waals surface area (Å²) in [4.78, 5) is 11.3. The Hall–Kier alpha value is -0.890. The van der Waals surface area contributed by atoms with Crippen LogP contribution in [0.15, 0.2) is 0 Å². The van der Waals surface area contributed by atoms with Gasteiger partial charge in [-0.1, -0.05) is 0 Å². The summed E-state index contributed by atoms with van der Waals surface area (Å²) >= 11 is 1.64. The van der Waals surface area contributed by atoms with Crippen molar-refractivity contribution < 1.29 is 9.53 Å². The molecule has 78 valence electrons. The summed E-state index contributed by atoms with van der Waals surface area (Å²) in [6, 6.07) is 2.10. The number of hydrogen-bond donors (Lipinski definition) is 1. The molecule has 0 spiro atoms. The van der Waals surface area contributed by atoms with Crippen molar-refractivity contribution in [2.24, 2.45) is 0 Å². The number of alkyl carbamates (subject to hydrolysis) is 1. The van der Waals surface area contributed by atoms with Crippen molar-refractivity contribution in [3.8, 4) is 6.07 Å². The van der Waals surface area contributed by atoms with Crippen LogP contribution in [0.3, 0.4) is 0 Å². The average molecular weight is 214 g/mol. The van der Waals surface area contributed by atoms with Crippen LogP contribution in [-0.2, 0) is 4.74 Å². The highest BCUT2D eigenvalue weighted by atomic mass is 32.2. The first-order chi connectivity index (χ1) is 6.37. The van der Waals surface area contributed by atoms with Gasteiger partial charge in [-0.2, -0.15) is 17.0 Å². The summed E-state index contributed by atoms with van der Waals surface area (Å²) < 4.78 is 5.06. The highest BCUT2D eigenvalue weighted by molar-refractivity contribution is 8.00. The Morgan fingerprint density at radius 3 is 2.43 bits per heavy atom. The van der Waals surface area contributed by atoms with E-state index in [1.54, 1.807) is 32.5 Å². The summed E-state index contributed by atoms with van der Waals surface area (Å²) in [7, 11) is 0. The fourth-order valence-corrected chi connectivity index (χ4v) is 1.86. The number of nitrogens with one attached hydrogen (secondary N) is 1. The molecule has 0 atom stereocenters. The molecule has 14 heavy (non-hydrogen) atoms. The van der Waals surface area contributed by atoms with Gasteiger partial charge < -0.3 is 10.1 Å². The monoisotopic (exact) mass is 214 g/mol. The van der Waals surface area contributed by atoms with Crippen LogP contribution in [-0.4, -0.2) is 28.7 Å². The largest absolute Gasteiger partial charge is 0.444 e. The van der Waals surface area contributed by atoms with E-state index in [0.717, 1.165) is 0 Å². The van der Waals surface area contributed by atoms with Gasteiger partial charge in [-0.3, -0.25) is 0 Å². The molecule has 1 saturated heterocycles. The van der Waals surface area contributed by atoms with Crippen molar-refractivity contribution >= 4 is 17.9 Å². The summed E-state index contributed by atoms with van der Waals surface area (Å²) in [5.74, 6) is 1.28. The van der Waals surface area contributed by atoms with Crippen molar-refractivity contribution in [1.82, 2.24) is 5.32 Å². The lowest BCUT2D eigenvalue weighted by Gasteiger charge is -2.35. The second-order valence-corrected chi connectivity index (χ2v) is 5.30. The van der Waals surface area contributed by atoms with E-state index >= 15 is 0 Å². The van der Waals surface area contributed by atoms with Crippen molar-refractivity contribution in [3.63, 3.8) is 0 Å². The fourth-order valence-electron chi connectivity index (χ4n) is 0.970. The Balaban J connectivity index is 2.45. The molecular weight excluding hydrogens is 200 g/mol. The molecule has 1 heterocycles. The maximum Gasteiger partial charge on any atom is 0.408 e. The zero-order valence-electron chi connectivity index (χ0n) is 8.59. The van der Waals surface area contributed by atoms with Gasteiger partial charge in [-0.25, -0.2) is 4.79 Å². The van der Waals surface area contributed by atoms with Gasteiger partial charge in [0.1, 0.15) is 11.1 Å². The quantitative estimate of drug-likeness (QED) is 0.719. The lowest BCUT2D eigenvalue weighted by atomic mass is 10.1. The van der Waals surface area contributed by atoms with Gasteiger partial charge >= 0.3 is 6.09 Å². The van der Waals surface area contributed by atoms with Crippen LogP contribution >= 0.6 is 11.8 Å². The molecule has 1 aliphatic rings. The molecule has 0 aromatic carbocycles. The van der Waals surface area contributed by atoms with E-state index in [-0.39, 0.29) is 0 Å². The van der Waals surface area contributed by atoms with E-state index in [0.29, 0.717) is 11.5 Å². The average Bonchev–Trinajstić information content (AvgIpc) is 1.93. The molecule has 0 aromatic rings. The number of ether oxygens (including phenoxy) is 1. The minimum absolute atomic E-state index is 0.514. The fraction of sp³-hybridized carbons (Fsp3) is 0.778. The number of carbonyl (C=O) groups excluding carboxylic acids is 1. The summed E-state index contributed by atoms with van der Waals surface area (Å²) in [6.07, 6.45) is -0.514. The van der Waals surface area contributed by atoms with Crippen LogP contribution in [0.1, 0.15) is 20.8 Å². The van der Waals surface area contributed by atoms with Gasteiger partial charge in [0.15, 0.2) is 0 Å². The molecular formula is C9H14N2O2S. The van der Waals surface area contributed by atoms with E-state index in [1.165, 1.54) is 0 Å². The van der Waals surface area contributed by atoms with E-state index < -0.39 is 17.2 Å². The first-order valence-electron chi connectivity index (χ1n) is 4.37. The zero-order chi connectivity index (χ0) is 10.8. The van der Waals surface area contributed by atoms with Crippen LogP contribution < -0.4 is 5.32 Å². The maximum atomic E-state index is 11.3. The molecule has 1 N–H and O–H groups in total. The molecule has 0 radical (unpaired) electrons. The van der Waals surface area contributed by atoms with Gasteiger partial charge in [0.25, 0.3) is 0 Å². The number of carbonyl (C=O) groups is 1. The minimum Gasteiger partial charge on any atom is -0.444 e. The predicted molar refractivity (Wildman–Crippen MR) is 55.0 cm³/mol. The Kier molecular flexibility index (Phi) is 2.95.